The van der Waals surface area contributed by atoms with Gasteiger partial charge in [0, 0.05) is 50.4 Å². The molecule has 0 N–H and O–H groups in total. The fourth-order valence-electron chi connectivity index (χ4n) is 3.76. The average molecular weight is 322 g/mol. The Hall–Kier alpha value is -1.94. The highest BCUT2D eigenvalue weighted by atomic mass is 15.3. The normalized spacial score (nSPS) is 18.0. The summed E-state index contributed by atoms with van der Waals surface area (Å²) < 4.78 is 0. The molecule has 126 valence electrons. The zero-order chi connectivity index (χ0) is 16.5. The van der Waals surface area contributed by atoms with Crippen LogP contribution < -0.4 is 4.90 Å². The Bertz CT molecular complexity index is 717. The lowest BCUT2D eigenvalue weighted by Gasteiger charge is -2.30. The Balaban J connectivity index is 1.51. The minimum Gasteiger partial charge on any atom is -0.341 e. The lowest BCUT2D eigenvalue weighted by atomic mass is 10.0. The largest absolute Gasteiger partial charge is 0.341 e. The van der Waals surface area contributed by atoms with Gasteiger partial charge in [-0.25, -0.2) is 9.97 Å². The van der Waals surface area contributed by atoms with Crippen molar-refractivity contribution in [3.8, 4) is 0 Å². The van der Waals surface area contributed by atoms with Crippen LogP contribution in [-0.2, 0) is 19.5 Å². The van der Waals surface area contributed by atoms with E-state index in [9.17, 15) is 0 Å². The highest BCUT2D eigenvalue weighted by Crippen LogP contribution is 2.25. The number of hydrogen-bond acceptors (Lipinski definition) is 4. The smallest absolute Gasteiger partial charge is 0.225 e. The molecule has 4 heteroatoms. The Morgan fingerprint density at radius 1 is 0.958 bits per heavy atom. The van der Waals surface area contributed by atoms with E-state index in [4.69, 9.17) is 9.97 Å². The minimum atomic E-state index is 0.954. The molecular weight excluding hydrogens is 296 g/mol. The van der Waals surface area contributed by atoms with E-state index in [0.29, 0.717) is 0 Å². The molecule has 24 heavy (non-hydrogen) atoms. The number of fused-ring (bicyclic) bond motifs is 1. The van der Waals surface area contributed by atoms with Gasteiger partial charge in [0.25, 0.3) is 0 Å². The number of aryl methyl sites for hydroxylation is 2. The first-order valence-corrected chi connectivity index (χ1v) is 9.08. The van der Waals surface area contributed by atoms with Crippen LogP contribution in [0.4, 0.5) is 5.95 Å². The van der Waals surface area contributed by atoms with Crippen molar-refractivity contribution in [2.45, 2.75) is 46.2 Å². The van der Waals surface area contributed by atoms with Crippen LogP contribution in [0.5, 0.6) is 0 Å². The van der Waals surface area contributed by atoms with Crippen molar-refractivity contribution in [1.82, 2.24) is 14.9 Å². The zero-order valence-corrected chi connectivity index (χ0v) is 14.8. The molecule has 0 aliphatic carbocycles. The fraction of sp³-hybridized carbons (Fsp3) is 0.500. The van der Waals surface area contributed by atoms with Crippen molar-refractivity contribution < 1.29 is 0 Å². The first kappa shape index (κ1) is 15.6. The van der Waals surface area contributed by atoms with Gasteiger partial charge in [-0.1, -0.05) is 29.8 Å². The van der Waals surface area contributed by atoms with E-state index >= 15 is 0 Å². The second-order valence-electron chi connectivity index (χ2n) is 7.17. The summed E-state index contributed by atoms with van der Waals surface area (Å²) in [7, 11) is 0. The zero-order valence-electron chi connectivity index (χ0n) is 14.8. The second-order valence-corrected chi connectivity index (χ2v) is 7.17. The predicted octanol–water partition coefficient (Wildman–Crippen LogP) is 3.25. The lowest BCUT2D eigenvalue weighted by Crippen LogP contribution is -2.32. The Labute approximate surface area is 144 Å². The van der Waals surface area contributed by atoms with Gasteiger partial charge in [-0.05, 0) is 32.3 Å². The molecule has 3 heterocycles. The summed E-state index contributed by atoms with van der Waals surface area (Å²) in [5.41, 5.74) is 6.48. The van der Waals surface area contributed by atoms with Crippen molar-refractivity contribution >= 4 is 5.95 Å². The first-order valence-electron chi connectivity index (χ1n) is 9.08. The molecule has 0 amide bonds. The van der Waals surface area contributed by atoms with Crippen molar-refractivity contribution in [3.63, 3.8) is 0 Å². The quantitative estimate of drug-likeness (QED) is 0.868. The van der Waals surface area contributed by atoms with E-state index in [1.807, 2.05) is 0 Å². The molecule has 2 aliphatic heterocycles. The van der Waals surface area contributed by atoms with Crippen LogP contribution in [0.2, 0.25) is 0 Å². The molecule has 2 aromatic rings. The summed E-state index contributed by atoms with van der Waals surface area (Å²) >= 11 is 0. The number of nitrogens with zero attached hydrogens (tertiary/aromatic N) is 4. The molecule has 1 aromatic carbocycles. The Kier molecular flexibility index (Phi) is 4.23. The topological polar surface area (TPSA) is 32.3 Å². The molecule has 1 saturated heterocycles. The van der Waals surface area contributed by atoms with Crippen LogP contribution in [0.15, 0.2) is 24.3 Å². The standard InChI is InChI=1S/C20H26N4/c1-15-5-7-17(8-6-15)13-23-12-9-19-18(14-23)16(2)21-20(22-19)24-10-3-4-11-24/h5-8H,3-4,9-14H2,1-2H3. The maximum absolute atomic E-state index is 4.90. The Morgan fingerprint density at radius 3 is 2.46 bits per heavy atom. The van der Waals surface area contributed by atoms with E-state index in [1.165, 1.54) is 35.2 Å². The highest BCUT2D eigenvalue weighted by molar-refractivity contribution is 5.38. The van der Waals surface area contributed by atoms with E-state index in [2.05, 4.69) is 47.9 Å². The summed E-state index contributed by atoms with van der Waals surface area (Å²) in [5.74, 6) is 0.954. The van der Waals surface area contributed by atoms with Crippen molar-refractivity contribution in [2.24, 2.45) is 0 Å². The molecule has 1 fully saturated rings. The second kappa shape index (κ2) is 6.52. The number of anilines is 1. The van der Waals surface area contributed by atoms with Crippen molar-refractivity contribution in [2.75, 3.05) is 24.5 Å². The molecule has 4 rings (SSSR count). The van der Waals surface area contributed by atoms with Crippen LogP contribution in [0.3, 0.4) is 0 Å². The van der Waals surface area contributed by atoms with Gasteiger partial charge in [-0.15, -0.1) is 0 Å². The summed E-state index contributed by atoms with van der Waals surface area (Å²) in [4.78, 5) is 14.6. The number of aromatic nitrogens is 2. The van der Waals surface area contributed by atoms with E-state index in [-0.39, 0.29) is 0 Å². The number of benzene rings is 1. The van der Waals surface area contributed by atoms with Crippen LogP contribution in [0.1, 0.15) is 40.9 Å². The number of hydrogen-bond donors (Lipinski definition) is 0. The fourth-order valence-corrected chi connectivity index (χ4v) is 3.76. The van der Waals surface area contributed by atoms with Gasteiger partial charge < -0.3 is 4.90 Å². The highest BCUT2D eigenvalue weighted by Gasteiger charge is 2.23. The molecule has 2 aliphatic rings. The predicted molar refractivity (Wildman–Crippen MR) is 97.2 cm³/mol. The summed E-state index contributed by atoms with van der Waals surface area (Å²) in [6, 6.07) is 8.88. The SMILES string of the molecule is Cc1ccc(CN2CCc3nc(N4CCCC4)nc(C)c3C2)cc1. The van der Waals surface area contributed by atoms with Crippen molar-refractivity contribution in [1.29, 1.82) is 0 Å². The van der Waals surface area contributed by atoms with Gasteiger partial charge in [-0.3, -0.25) is 4.90 Å². The van der Waals surface area contributed by atoms with Crippen LogP contribution in [0.25, 0.3) is 0 Å². The maximum Gasteiger partial charge on any atom is 0.225 e. The monoisotopic (exact) mass is 322 g/mol. The molecule has 1 aromatic heterocycles. The van der Waals surface area contributed by atoms with Gasteiger partial charge >= 0.3 is 0 Å². The third-order valence-corrected chi connectivity index (χ3v) is 5.25. The summed E-state index contributed by atoms with van der Waals surface area (Å²) in [5, 5.41) is 0. The summed E-state index contributed by atoms with van der Waals surface area (Å²) in [6.45, 7) is 9.56. The molecule has 0 bridgehead atoms. The van der Waals surface area contributed by atoms with Crippen molar-refractivity contribution in [3.05, 3.63) is 52.3 Å². The third kappa shape index (κ3) is 3.16. The molecule has 0 radical (unpaired) electrons. The average Bonchev–Trinajstić information content (AvgIpc) is 3.12. The molecule has 0 spiro atoms. The molecule has 0 unspecified atom stereocenters. The van der Waals surface area contributed by atoms with E-state index in [1.54, 1.807) is 0 Å². The van der Waals surface area contributed by atoms with E-state index in [0.717, 1.165) is 50.8 Å². The lowest BCUT2D eigenvalue weighted by molar-refractivity contribution is 0.242. The first-order chi connectivity index (χ1) is 11.7. The molecule has 4 nitrogen and oxygen atoms in total. The maximum atomic E-state index is 4.90. The van der Waals surface area contributed by atoms with Crippen LogP contribution in [-0.4, -0.2) is 34.5 Å². The molecular formula is C20H26N4. The van der Waals surface area contributed by atoms with Gasteiger partial charge in [0.2, 0.25) is 5.95 Å². The molecule has 0 saturated carbocycles. The van der Waals surface area contributed by atoms with E-state index < -0.39 is 0 Å². The van der Waals surface area contributed by atoms with Gasteiger partial charge in [0.15, 0.2) is 0 Å². The molecule has 0 atom stereocenters. The minimum absolute atomic E-state index is 0.954. The van der Waals surface area contributed by atoms with Gasteiger partial charge in [-0.2, -0.15) is 0 Å². The third-order valence-electron chi connectivity index (χ3n) is 5.25. The summed E-state index contributed by atoms with van der Waals surface area (Å²) in [6.07, 6.45) is 3.57. The van der Waals surface area contributed by atoms with Gasteiger partial charge in [0.05, 0.1) is 5.69 Å². The van der Waals surface area contributed by atoms with Crippen LogP contribution >= 0.6 is 0 Å². The Morgan fingerprint density at radius 2 is 1.71 bits per heavy atom. The van der Waals surface area contributed by atoms with Crippen LogP contribution in [0, 0.1) is 13.8 Å². The number of rotatable bonds is 3. The van der Waals surface area contributed by atoms with Gasteiger partial charge in [0.1, 0.15) is 0 Å².